The van der Waals surface area contributed by atoms with E-state index in [1.54, 1.807) is 0 Å². The summed E-state index contributed by atoms with van der Waals surface area (Å²) >= 11 is 0. The Bertz CT molecular complexity index is 511. The molecular formula is C15H21N3O3. The molecule has 1 aliphatic rings. The lowest BCUT2D eigenvalue weighted by molar-refractivity contribution is 0.0690. The quantitative estimate of drug-likeness (QED) is 0.853. The van der Waals surface area contributed by atoms with Gasteiger partial charge in [-0.25, -0.2) is 9.78 Å². The fraction of sp³-hybridized carbons (Fsp3) is 0.533. The minimum atomic E-state index is -1.13. The van der Waals surface area contributed by atoms with Gasteiger partial charge in [0.2, 0.25) is 0 Å². The van der Waals surface area contributed by atoms with Crippen LogP contribution in [0, 0.1) is 5.92 Å². The van der Waals surface area contributed by atoms with Gasteiger partial charge in [0.05, 0.1) is 0 Å². The monoisotopic (exact) mass is 291 g/mol. The van der Waals surface area contributed by atoms with Gasteiger partial charge in [-0.2, -0.15) is 0 Å². The van der Waals surface area contributed by atoms with Gasteiger partial charge in [-0.15, -0.1) is 0 Å². The zero-order valence-electron chi connectivity index (χ0n) is 12.2. The van der Waals surface area contributed by atoms with E-state index in [4.69, 9.17) is 5.11 Å². The first-order chi connectivity index (χ1) is 10.1. The number of aromatic carboxylic acids is 1. The van der Waals surface area contributed by atoms with Crippen molar-refractivity contribution in [1.82, 2.24) is 15.2 Å². The number of piperidine rings is 1. The highest BCUT2D eigenvalue weighted by Gasteiger charge is 2.19. The number of carboxylic acid groups (broad SMARTS) is 1. The molecule has 6 heteroatoms. The van der Waals surface area contributed by atoms with Crippen molar-refractivity contribution in [2.24, 2.45) is 5.92 Å². The van der Waals surface area contributed by atoms with Crippen LogP contribution >= 0.6 is 0 Å². The average molecular weight is 291 g/mol. The number of hydrogen-bond donors (Lipinski definition) is 2. The molecule has 2 N–H and O–H groups in total. The lowest BCUT2D eigenvalue weighted by atomic mass is 9.97. The van der Waals surface area contributed by atoms with E-state index in [9.17, 15) is 9.59 Å². The van der Waals surface area contributed by atoms with Gasteiger partial charge < -0.3 is 15.3 Å². The molecule has 0 spiro atoms. The van der Waals surface area contributed by atoms with Gasteiger partial charge in [0, 0.05) is 18.3 Å². The molecule has 0 aliphatic carbocycles. The first kappa shape index (κ1) is 15.4. The minimum Gasteiger partial charge on any atom is -0.477 e. The molecule has 1 saturated heterocycles. The van der Waals surface area contributed by atoms with Crippen LogP contribution in [-0.2, 0) is 0 Å². The lowest BCUT2D eigenvalue weighted by Crippen LogP contribution is -2.38. The molecule has 1 aromatic heterocycles. The number of likely N-dealkylation sites (tertiary alicyclic amines) is 1. The van der Waals surface area contributed by atoms with E-state index < -0.39 is 5.97 Å². The second-order valence-electron chi connectivity index (χ2n) is 5.32. The lowest BCUT2D eigenvalue weighted by Gasteiger charge is -2.31. The zero-order chi connectivity index (χ0) is 15.2. The molecule has 1 fully saturated rings. The second kappa shape index (κ2) is 7.17. The molecule has 1 aromatic rings. The molecule has 0 atom stereocenters. The Hall–Kier alpha value is -1.95. The van der Waals surface area contributed by atoms with Crippen molar-refractivity contribution >= 4 is 11.9 Å². The van der Waals surface area contributed by atoms with Crippen LogP contribution < -0.4 is 5.32 Å². The Morgan fingerprint density at radius 1 is 1.43 bits per heavy atom. The fourth-order valence-corrected chi connectivity index (χ4v) is 2.53. The third kappa shape index (κ3) is 4.26. The van der Waals surface area contributed by atoms with Crippen LogP contribution in [0.4, 0.5) is 0 Å². The topological polar surface area (TPSA) is 82.5 Å². The van der Waals surface area contributed by atoms with Crippen molar-refractivity contribution in [3.05, 3.63) is 29.6 Å². The molecule has 21 heavy (non-hydrogen) atoms. The van der Waals surface area contributed by atoms with Gasteiger partial charge in [-0.1, -0.05) is 6.92 Å². The SMILES string of the molecule is CCN1CCC(CNC(=O)c2ccnc(C(=O)O)c2)CC1. The fourth-order valence-electron chi connectivity index (χ4n) is 2.53. The smallest absolute Gasteiger partial charge is 0.354 e. The number of carboxylic acids is 1. The van der Waals surface area contributed by atoms with Crippen LogP contribution in [0.15, 0.2) is 18.3 Å². The molecule has 6 nitrogen and oxygen atoms in total. The van der Waals surface area contributed by atoms with Gasteiger partial charge in [-0.3, -0.25) is 4.79 Å². The van der Waals surface area contributed by atoms with Gasteiger partial charge >= 0.3 is 5.97 Å². The largest absolute Gasteiger partial charge is 0.477 e. The van der Waals surface area contributed by atoms with E-state index in [1.807, 2.05) is 0 Å². The van der Waals surface area contributed by atoms with Crippen LogP contribution in [0.5, 0.6) is 0 Å². The van der Waals surface area contributed by atoms with Gasteiger partial charge in [-0.05, 0) is 50.5 Å². The normalized spacial score (nSPS) is 16.6. The third-order valence-corrected chi connectivity index (χ3v) is 3.95. The Morgan fingerprint density at radius 2 is 2.14 bits per heavy atom. The molecule has 2 heterocycles. The van der Waals surface area contributed by atoms with Crippen LogP contribution in [0.3, 0.4) is 0 Å². The van der Waals surface area contributed by atoms with Crippen LogP contribution in [0.2, 0.25) is 0 Å². The molecule has 114 valence electrons. The number of aromatic nitrogens is 1. The van der Waals surface area contributed by atoms with Crippen molar-refractivity contribution in [3.63, 3.8) is 0 Å². The van der Waals surface area contributed by atoms with E-state index >= 15 is 0 Å². The summed E-state index contributed by atoms with van der Waals surface area (Å²) in [6, 6.07) is 2.83. The van der Waals surface area contributed by atoms with Crippen molar-refractivity contribution in [2.45, 2.75) is 19.8 Å². The molecule has 0 unspecified atom stereocenters. The number of amides is 1. The van der Waals surface area contributed by atoms with Crippen LogP contribution in [0.25, 0.3) is 0 Å². The number of nitrogens with zero attached hydrogens (tertiary/aromatic N) is 2. The maximum absolute atomic E-state index is 12.0. The molecule has 0 saturated carbocycles. The first-order valence-electron chi connectivity index (χ1n) is 7.30. The molecule has 2 rings (SSSR count). The van der Waals surface area contributed by atoms with Crippen LogP contribution in [-0.4, -0.2) is 53.0 Å². The van der Waals surface area contributed by atoms with E-state index in [2.05, 4.69) is 22.1 Å². The minimum absolute atomic E-state index is 0.112. The molecule has 1 aliphatic heterocycles. The Balaban J connectivity index is 1.85. The molecular weight excluding hydrogens is 270 g/mol. The molecule has 1 amide bonds. The van der Waals surface area contributed by atoms with Crippen LogP contribution in [0.1, 0.15) is 40.6 Å². The number of hydrogen-bond acceptors (Lipinski definition) is 4. The maximum atomic E-state index is 12.0. The number of nitrogens with one attached hydrogen (secondary N) is 1. The Labute approximate surface area is 124 Å². The summed E-state index contributed by atoms with van der Waals surface area (Å²) in [6.07, 6.45) is 3.52. The summed E-state index contributed by atoms with van der Waals surface area (Å²) in [5.74, 6) is -0.869. The van der Waals surface area contributed by atoms with E-state index in [0.717, 1.165) is 32.5 Å². The highest BCUT2D eigenvalue weighted by molar-refractivity contribution is 5.96. The first-order valence-corrected chi connectivity index (χ1v) is 7.30. The average Bonchev–Trinajstić information content (AvgIpc) is 2.53. The maximum Gasteiger partial charge on any atom is 0.354 e. The summed E-state index contributed by atoms with van der Waals surface area (Å²) in [5.41, 5.74) is 0.229. The summed E-state index contributed by atoms with van der Waals surface area (Å²) in [7, 11) is 0. The summed E-state index contributed by atoms with van der Waals surface area (Å²) in [5, 5.41) is 11.8. The molecule has 0 radical (unpaired) electrons. The van der Waals surface area contributed by atoms with Crippen molar-refractivity contribution in [2.75, 3.05) is 26.2 Å². The second-order valence-corrected chi connectivity index (χ2v) is 5.32. The predicted molar refractivity (Wildman–Crippen MR) is 78.4 cm³/mol. The third-order valence-electron chi connectivity index (χ3n) is 3.95. The van der Waals surface area contributed by atoms with E-state index in [-0.39, 0.29) is 11.6 Å². The van der Waals surface area contributed by atoms with Crippen molar-refractivity contribution < 1.29 is 14.7 Å². The van der Waals surface area contributed by atoms with Gasteiger partial charge in [0.1, 0.15) is 5.69 Å². The standard InChI is InChI=1S/C15H21N3O3/c1-2-18-7-4-11(5-8-18)10-17-14(19)12-3-6-16-13(9-12)15(20)21/h3,6,9,11H,2,4-5,7-8,10H2,1H3,(H,17,19)(H,20,21). The molecule has 0 bridgehead atoms. The van der Waals surface area contributed by atoms with E-state index in [0.29, 0.717) is 18.0 Å². The molecule has 0 aromatic carbocycles. The number of rotatable bonds is 5. The highest BCUT2D eigenvalue weighted by atomic mass is 16.4. The number of carbonyl (C=O) groups excluding carboxylic acids is 1. The highest BCUT2D eigenvalue weighted by Crippen LogP contribution is 2.16. The summed E-state index contributed by atoms with van der Waals surface area (Å²) in [6.45, 7) is 6.03. The Kier molecular flexibility index (Phi) is 5.27. The number of pyridine rings is 1. The Morgan fingerprint density at radius 3 is 2.76 bits per heavy atom. The van der Waals surface area contributed by atoms with Gasteiger partial charge in [0.25, 0.3) is 5.91 Å². The van der Waals surface area contributed by atoms with E-state index in [1.165, 1.54) is 18.3 Å². The zero-order valence-corrected chi connectivity index (χ0v) is 12.2. The van der Waals surface area contributed by atoms with Crippen molar-refractivity contribution in [1.29, 1.82) is 0 Å². The summed E-state index contributed by atoms with van der Waals surface area (Å²) < 4.78 is 0. The predicted octanol–water partition coefficient (Wildman–Crippen LogP) is 1.24. The van der Waals surface area contributed by atoms with Gasteiger partial charge in [0.15, 0.2) is 0 Å². The number of carbonyl (C=O) groups is 2. The summed E-state index contributed by atoms with van der Waals surface area (Å²) in [4.78, 5) is 29.0. The van der Waals surface area contributed by atoms with Crippen molar-refractivity contribution in [3.8, 4) is 0 Å².